The predicted octanol–water partition coefficient (Wildman–Crippen LogP) is 4.82. The first-order chi connectivity index (χ1) is 13.6. The highest BCUT2D eigenvalue weighted by Gasteiger charge is 2.20. The fourth-order valence-corrected chi connectivity index (χ4v) is 3.40. The van der Waals surface area contributed by atoms with Crippen molar-refractivity contribution in [2.24, 2.45) is 5.16 Å². The standard InChI is InChI=1S/C22H24N2O4/c1-6-18(24-25)17-10-13(2)23-22-15(17)8-7-9-16(22)21-19(27-4)11-14(26-3)12-20(21)28-5/h7-12,25H,6H2,1-5H3/b24-18-. The lowest BCUT2D eigenvalue weighted by atomic mass is 9.95. The molecular weight excluding hydrogens is 356 g/mol. The Hall–Kier alpha value is -3.28. The van der Waals surface area contributed by atoms with Crippen LogP contribution in [-0.2, 0) is 0 Å². The number of aryl methyl sites for hydroxylation is 1. The lowest BCUT2D eigenvalue weighted by molar-refractivity contribution is 0.318. The van der Waals surface area contributed by atoms with Gasteiger partial charge >= 0.3 is 0 Å². The third kappa shape index (κ3) is 3.33. The number of ether oxygens (including phenoxy) is 3. The second kappa shape index (κ2) is 8.17. The molecule has 0 amide bonds. The van der Waals surface area contributed by atoms with Crippen molar-refractivity contribution in [3.05, 3.63) is 47.7 Å². The van der Waals surface area contributed by atoms with Gasteiger partial charge in [0.1, 0.15) is 17.2 Å². The van der Waals surface area contributed by atoms with Crippen molar-refractivity contribution in [1.82, 2.24) is 4.98 Å². The van der Waals surface area contributed by atoms with Crippen LogP contribution in [0.1, 0.15) is 24.6 Å². The first-order valence-electron chi connectivity index (χ1n) is 8.99. The van der Waals surface area contributed by atoms with Crippen LogP contribution in [-0.4, -0.2) is 37.2 Å². The topological polar surface area (TPSA) is 73.2 Å². The van der Waals surface area contributed by atoms with E-state index in [4.69, 9.17) is 19.2 Å². The van der Waals surface area contributed by atoms with E-state index in [0.29, 0.717) is 29.4 Å². The Kier molecular flexibility index (Phi) is 5.68. The number of methoxy groups -OCH3 is 3. The van der Waals surface area contributed by atoms with Crippen molar-refractivity contribution >= 4 is 16.6 Å². The molecule has 0 radical (unpaired) electrons. The number of aromatic nitrogens is 1. The second-order valence-electron chi connectivity index (χ2n) is 6.32. The predicted molar refractivity (Wildman–Crippen MR) is 110 cm³/mol. The molecule has 1 heterocycles. The van der Waals surface area contributed by atoms with Crippen LogP contribution >= 0.6 is 0 Å². The molecule has 0 atom stereocenters. The number of hydrogen-bond acceptors (Lipinski definition) is 6. The van der Waals surface area contributed by atoms with Gasteiger partial charge in [0.2, 0.25) is 0 Å². The van der Waals surface area contributed by atoms with Gasteiger partial charge in [0.25, 0.3) is 0 Å². The van der Waals surface area contributed by atoms with E-state index in [1.54, 1.807) is 21.3 Å². The number of benzene rings is 2. The zero-order chi connectivity index (χ0) is 20.3. The van der Waals surface area contributed by atoms with Crippen LogP contribution in [0.3, 0.4) is 0 Å². The molecule has 0 bridgehead atoms. The highest BCUT2D eigenvalue weighted by Crippen LogP contribution is 2.44. The molecular formula is C22H24N2O4. The minimum atomic E-state index is 0.606. The highest BCUT2D eigenvalue weighted by atomic mass is 16.5. The summed E-state index contributed by atoms with van der Waals surface area (Å²) < 4.78 is 16.6. The Labute approximate surface area is 164 Å². The van der Waals surface area contributed by atoms with E-state index >= 15 is 0 Å². The molecule has 6 nitrogen and oxygen atoms in total. The molecule has 146 valence electrons. The number of pyridine rings is 1. The van der Waals surface area contributed by atoms with Crippen molar-refractivity contribution in [1.29, 1.82) is 0 Å². The molecule has 0 aliphatic rings. The van der Waals surface area contributed by atoms with Crippen LogP contribution in [0.4, 0.5) is 0 Å². The molecule has 28 heavy (non-hydrogen) atoms. The maximum Gasteiger partial charge on any atom is 0.134 e. The van der Waals surface area contributed by atoms with Gasteiger partial charge in [-0.05, 0) is 19.4 Å². The summed E-state index contributed by atoms with van der Waals surface area (Å²) in [5.41, 5.74) is 4.75. The van der Waals surface area contributed by atoms with Crippen molar-refractivity contribution in [3.63, 3.8) is 0 Å². The Morgan fingerprint density at radius 2 is 1.71 bits per heavy atom. The molecule has 0 saturated carbocycles. The van der Waals surface area contributed by atoms with Crippen molar-refractivity contribution in [2.45, 2.75) is 20.3 Å². The van der Waals surface area contributed by atoms with Gasteiger partial charge in [-0.2, -0.15) is 0 Å². The van der Waals surface area contributed by atoms with Crippen LogP contribution in [0.2, 0.25) is 0 Å². The molecule has 3 aromatic rings. The summed E-state index contributed by atoms with van der Waals surface area (Å²) >= 11 is 0. The Bertz CT molecular complexity index is 1020. The fourth-order valence-electron chi connectivity index (χ4n) is 3.40. The lowest BCUT2D eigenvalue weighted by Crippen LogP contribution is -2.03. The second-order valence-corrected chi connectivity index (χ2v) is 6.32. The molecule has 0 aliphatic heterocycles. The number of nitrogens with zero attached hydrogens (tertiary/aromatic N) is 2. The Morgan fingerprint density at radius 1 is 1.04 bits per heavy atom. The summed E-state index contributed by atoms with van der Waals surface area (Å²) in [6.07, 6.45) is 0.606. The van der Waals surface area contributed by atoms with Crippen molar-refractivity contribution in [2.75, 3.05) is 21.3 Å². The molecule has 0 fully saturated rings. The molecule has 3 rings (SSSR count). The minimum Gasteiger partial charge on any atom is -0.496 e. The van der Waals surface area contributed by atoms with E-state index in [9.17, 15) is 5.21 Å². The molecule has 0 aliphatic carbocycles. The fraction of sp³-hybridized carbons (Fsp3) is 0.273. The van der Waals surface area contributed by atoms with E-state index in [-0.39, 0.29) is 0 Å². The van der Waals surface area contributed by atoms with Gasteiger partial charge in [-0.15, -0.1) is 0 Å². The first-order valence-corrected chi connectivity index (χ1v) is 8.99. The summed E-state index contributed by atoms with van der Waals surface area (Å²) in [5, 5.41) is 13.8. The summed E-state index contributed by atoms with van der Waals surface area (Å²) in [6.45, 7) is 3.88. The molecule has 2 aromatic carbocycles. The lowest BCUT2D eigenvalue weighted by Gasteiger charge is -2.17. The maximum atomic E-state index is 9.45. The van der Waals surface area contributed by atoms with E-state index in [1.807, 2.05) is 50.2 Å². The van der Waals surface area contributed by atoms with Gasteiger partial charge in [-0.1, -0.05) is 30.3 Å². The third-order valence-corrected chi connectivity index (χ3v) is 4.72. The normalized spacial score (nSPS) is 11.5. The number of oxime groups is 1. The number of para-hydroxylation sites is 1. The smallest absolute Gasteiger partial charge is 0.134 e. The third-order valence-electron chi connectivity index (χ3n) is 4.72. The van der Waals surface area contributed by atoms with Crippen LogP contribution < -0.4 is 14.2 Å². The molecule has 6 heteroatoms. The zero-order valence-corrected chi connectivity index (χ0v) is 16.7. The van der Waals surface area contributed by atoms with Gasteiger partial charge < -0.3 is 19.4 Å². The van der Waals surface area contributed by atoms with Gasteiger partial charge in [0.05, 0.1) is 38.1 Å². The highest BCUT2D eigenvalue weighted by molar-refractivity contribution is 6.12. The maximum absolute atomic E-state index is 9.45. The van der Waals surface area contributed by atoms with Crippen molar-refractivity contribution < 1.29 is 19.4 Å². The van der Waals surface area contributed by atoms with Gasteiger partial charge in [0.15, 0.2) is 0 Å². The number of hydrogen-bond donors (Lipinski definition) is 1. The van der Waals surface area contributed by atoms with Crippen LogP contribution in [0.25, 0.3) is 22.0 Å². The Balaban J connectivity index is 2.40. The first kappa shape index (κ1) is 19.5. The number of fused-ring (bicyclic) bond motifs is 1. The molecule has 0 unspecified atom stereocenters. The molecule has 1 N–H and O–H groups in total. The van der Waals surface area contributed by atoms with E-state index < -0.39 is 0 Å². The van der Waals surface area contributed by atoms with Crippen LogP contribution in [0.5, 0.6) is 17.2 Å². The van der Waals surface area contributed by atoms with E-state index in [0.717, 1.165) is 33.3 Å². The van der Waals surface area contributed by atoms with Gasteiger partial charge in [0, 0.05) is 34.3 Å². The number of rotatable bonds is 6. The van der Waals surface area contributed by atoms with Crippen LogP contribution in [0, 0.1) is 6.92 Å². The monoisotopic (exact) mass is 380 g/mol. The minimum absolute atomic E-state index is 0.606. The Morgan fingerprint density at radius 3 is 2.25 bits per heavy atom. The average molecular weight is 380 g/mol. The van der Waals surface area contributed by atoms with Crippen molar-refractivity contribution in [3.8, 4) is 28.4 Å². The summed E-state index contributed by atoms with van der Waals surface area (Å²) in [6, 6.07) is 11.5. The van der Waals surface area contributed by atoms with Crippen LogP contribution in [0.15, 0.2) is 41.6 Å². The van der Waals surface area contributed by atoms with E-state index in [1.165, 1.54) is 0 Å². The summed E-state index contributed by atoms with van der Waals surface area (Å²) in [4.78, 5) is 4.78. The molecule has 1 aromatic heterocycles. The van der Waals surface area contributed by atoms with E-state index in [2.05, 4.69) is 5.16 Å². The quantitative estimate of drug-likeness (QED) is 0.377. The summed E-state index contributed by atoms with van der Waals surface area (Å²) in [5.74, 6) is 1.89. The largest absolute Gasteiger partial charge is 0.496 e. The molecule has 0 spiro atoms. The summed E-state index contributed by atoms with van der Waals surface area (Å²) in [7, 11) is 4.82. The van der Waals surface area contributed by atoms with Gasteiger partial charge in [-0.25, -0.2) is 0 Å². The van der Waals surface area contributed by atoms with Gasteiger partial charge in [-0.3, -0.25) is 4.98 Å². The molecule has 0 saturated heterocycles. The average Bonchev–Trinajstić information content (AvgIpc) is 2.73. The SMILES string of the molecule is CC/C(=N/O)c1cc(C)nc2c(-c3c(OC)cc(OC)cc3OC)cccc12. The zero-order valence-electron chi connectivity index (χ0n) is 16.7.